The van der Waals surface area contributed by atoms with Crippen molar-refractivity contribution in [3.63, 3.8) is 0 Å². The van der Waals surface area contributed by atoms with Crippen LogP contribution in [-0.2, 0) is 14.4 Å². The number of unbranched alkanes of at least 4 members (excludes halogenated alkanes) is 14. The number of carboxylic acids is 1. The van der Waals surface area contributed by atoms with Crippen LogP contribution in [0, 0.1) is 5.92 Å². The van der Waals surface area contributed by atoms with Crippen LogP contribution in [0.15, 0.2) is 47.6 Å². The first-order valence-electron chi connectivity index (χ1n) is 14.7. The van der Waals surface area contributed by atoms with Crippen molar-refractivity contribution in [1.29, 1.82) is 0 Å². The average molecular weight is 526 g/mol. The highest BCUT2D eigenvalue weighted by Crippen LogP contribution is 2.19. The topological polar surface area (TPSA) is 99.1 Å². The smallest absolute Gasteiger partial charge is 0.310 e. The van der Waals surface area contributed by atoms with Gasteiger partial charge in [0.25, 0.3) is 5.91 Å². The van der Waals surface area contributed by atoms with Gasteiger partial charge in [0.1, 0.15) is 5.84 Å². The van der Waals surface area contributed by atoms with Crippen molar-refractivity contribution in [2.24, 2.45) is 11.0 Å². The number of nitrogens with zero attached hydrogens (tertiary/aromatic N) is 2. The number of hydrogen-bond donors (Lipinski definition) is 2. The Hall–Kier alpha value is -2.96. The fraction of sp³-hybridized carbons (Fsp3) is 0.613. The van der Waals surface area contributed by atoms with Gasteiger partial charge >= 0.3 is 5.97 Å². The molecule has 0 aromatic heterocycles. The highest BCUT2D eigenvalue weighted by atomic mass is 16.4. The van der Waals surface area contributed by atoms with E-state index in [1.165, 1.54) is 82.1 Å². The maximum absolute atomic E-state index is 12.4. The molecule has 0 saturated heterocycles. The number of hydrazone groups is 1. The second kappa shape index (κ2) is 19.2. The molecule has 1 atom stereocenters. The van der Waals surface area contributed by atoms with Crippen LogP contribution in [0.5, 0.6) is 0 Å². The predicted octanol–water partition coefficient (Wildman–Crippen LogP) is 7.37. The van der Waals surface area contributed by atoms with Crippen LogP contribution in [-0.4, -0.2) is 28.7 Å². The summed E-state index contributed by atoms with van der Waals surface area (Å²) in [6.07, 6.45) is 22.4. The Bertz CT molecular complexity index is 898. The maximum Gasteiger partial charge on any atom is 0.310 e. The number of rotatable bonds is 20. The maximum atomic E-state index is 12.4. The number of anilines is 1. The molecule has 0 radical (unpaired) electrons. The number of amides is 2. The summed E-state index contributed by atoms with van der Waals surface area (Å²) in [6, 6.07) is 8.97. The van der Waals surface area contributed by atoms with Crippen molar-refractivity contribution in [3.05, 3.63) is 42.5 Å². The number of benzene rings is 1. The normalized spacial score (nSPS) is 14.2. The van der Waals surface area contributed by atoms with Crippen molar-refractivity contribution in [2.75, 3.05) is 5.01 Å². The fourth-order valence-electron chi connectivity index (χ4n) is 4.64. The lowest BCUT2D eigenvalue weighted by Crippen LogP contribution is -2.32. The summed E-state index contributed by atoms with van der Waals surface area (Å²) in [7, 11) is 0. The number of hydrogen-bond acceptors (Lipinski definition) is 4. The first-order valence-corrected chi connectivity index (χ1v) is 14.7. The van der Waals surface area contributed by atoms with Gasteiger partial charge in [-0.15, -0.1) is 0 Å². The van der Waals surface area contributed by atoms with Crippen molar-refractivity contribution >= 4 is 29.3 Å². The van der Waals surface area contributed by atoms with E-state index in [9.17, 15) is 19.5 Å². The van der Waals surface area contributed by atoms with E-state index in [1.54, 1.807) is 30.3 Å². The zero-order chi connectivity index (χ0) is 27.4. The second-order valence-corrected chi connectivity index (χ2v) is 10.3. The van der Waals surface area contributed by atoms with Crippen LogP contribution >= 0.6 is 0 Å². The predicted molar refractivity (Wildman–Crippen MR) is 154 cm³/mol. The number of carbonyl (C=O) groups excluding carboxylic acids is 2. The third-order valence-electron chi connectivity index (χ3n) is 6.88. The highest BCUT2D eigenvalue weighted by Gasteiger charge is 2.27. The molecule has 2 amide bonds. The van der Waals surface area contributed by atoms with Crippen molar-refractivity contribution < 1.29 is 19.5 Å². The van der Waals surface area contributed by atoms with Gasteiger partial charge in [0.05, 0.1) is 18.0 Å². The Balaban J connectivity index is 1.55. The molecule has 1 aliphatic heterocycles. The van der Waals surface area contributed by atoms with Gasteiger partial charge in [-0.05, 0) is 25.0 Å². The minimum absolute atomic E-state index is 0.0205. The monoisotopic (exact) mass is 525 g/mol. The molecule has 1 heterocycles. The van der Waals surface area contributed by atoms with Crippen LogP contribution in [0.4, 0.5) is 5.69 Å². The van der Waals surface area contributed by atoms with Crippen molar-refractivity contribution in [2.45, 2.75) is 116 Å². The van der Waals surface area contributed by atoms with Gasteiger partial charge in [-0.2, -0.15) is 10.1 Å². The third kappa shape index (κ3) is 13.0. The SMILES string of the molecule is CCCCCCCCCCCCCCCC/C=C\[C@H](CC(=O)NC1=NN(c2ccccc2)C(=O)C1)C(=O)O. The van der Waals surface area contributed by atoms with E-state index in [4.69, 9.17) is 0 Å². The van der Waals surface area contributed by atoms with Gasteiger partial charge in [0.2, 0.25) is 5.91 Å². The Labute approximate surface area is 228 Å². The molecule has 1 aliphatic rings. The summed E-state index contributed by atoms with van der Waals surface area (Å²) in [4.78, 5) is 36.3. The number of para-hydroxylation sites is 1. The summed E-state index contributed by atoms with van der Waals surface area (Å²) in [5.41, 5.74) is 0.622. The van der Waals surface area contributed by atoms with Gasteiger partial charge in [-0.25, -0.2) is 0 Å². The lowest BCUT2D eigenvalue weighted by Gasteiger charge is -2.10. The Morgan fingerprint density at radius 1 is 0.921 bits per heavy atom. The Morgan fingerprint density at radius 3 is 2.03 bits per heavy atom. The van der Waals surface area contributed by atoms with Gasteiger partial charge in [-0.3, -0.25) is 14.4 Å². The summed E-state index contributed by atoms with van der Waals surface area (Å²) in [6.45, 7) is 2.26. The van der Waals surface area contributed by atoms with Crippen LogP contribution in [0.3, 0.4) is 0 Å². The van der Waals surface area contributed by atoms with Crippen LogP contribution in [0.1, 0.15) is 116 Å². The molecule has 1 aromatic carbocycles. The lowest BCUT2D eigenvalue weighted by atomic mass is 10.0. The first kappa shape index (κ1) is 31.3. The first-order chi connectivity index (χ1) is 18.5. The minimum atomic E-state index is -1.03. The summed E-state index contributed by atoms with van der Waals surface area (Å²) < 4.78 is 0. The number of carbonyl (C=O) groups is 3. The number of carboxylic acid groups (broad SMARTS) is 1. The van der Waals surface area contributed by atoms with E-state index in [2.05, 4.69) is 17.3 Å². The molecule has 7 nitrogen and oxygen atoms in total. The molecular weight excluding hydrogens is 478 g/mol. The second-order valence-electron chi connectivity index (χ2n) is 10.3. The quantitative estimate of drug-likeness (QED) is 0.137. The van der Waals surface area contributed by atoms with Crippen LogP contribution in [0.2, 0.25) is 0 Å². The summed E-state index contributed by atoms with van der Waals surface area (Å²) >= 11 is 0. The molecule has 0 aliphatic carbocycles. The molecule has 0 saturated carbocycles. The van der Waals surface area contributed by atoms with Crippen molar-refractivity contribution in [1.82, 2.24) is 5.32 Å². The molecule has 0 fully saturated rings. The van der Waals surface area contributed by atoms with Crippen LogP contribution in [0.25, 0.3) is 0 Å². The third-order valence-corrected chi connectivity index (χ3v) is 6.88. The van der Waals surface area contributed by atoms with Gasteiger partial charge in [0.15, 0.2) is 0 Å². The molecular formula is C31H47N3O4. The van der Waals surface area contributed by atoms with E-state index in [1.807, 2.05) is 12.1 Å². The van der Waals surface area contributed by atoms with Gasteiger partial charge < -0.3 is 10.4 Å². The average Bonchev–Trinajstić information content (AvgIpc) is 3.27. The molecule has 210 valence electrons. The number of aliphatic carboxylic acids is 1. The zero-order valence-electron chi connectivity index (χ0n) is 23.2. The van der Waals surface area contributed by atoms with Crippen molar-refractivity contribution in [3.8, 4) is 0 Å². The molecule has 2 N–H and O–H groups in total. The molecule has 7 heteroatoms. The minimum Gasteiger partial charge on any atom is -0.481 e. The van der Waals surface area contributed by atoms with Gasteiger partial charge in [-0.1, -0.05) is 121 Å². The van der Waals surface area contributed by atoms with Gasteiger partial charge in [0, 0.05) is 6.42 Å². The van der Waals surface area contributed by atoms with E-state index in [0.29, 0.717) is 5.69 Å². The van der Waals surface area contributed by atoms with Crippen LogP contribution < -0.4 is 10.3 Å². The lowest BCUT2D eigenvalue weighted by molar-refractivity contribution is -0.142. The number of amidine groups is 1. The van der Waals surface area contributed by atoms with E-state index in [-0.39, 0.29) is 24.6 Å². The highest BCUT2D eigenvalue weighted by molar-refractivity contribution is 6.15. The Kier molecular flexibility index (Phi) is 15.8. The summed E-state index contributed by atoms with van der Waals surface area (Å²) in [5.74, 6) is -2.40. The van der Waals surface area contributed by atoms with E-state index in [0.717, 1.165) is 19.3 Å². The summed E-state index contributed by atoms with van der Waals surface area (Å²) in [5, 5.41) is 17.6. The standard InChI is InChI=1S/C31H47N3O4/c1-2-3-4-5-6-7-8-9-10-11-12-13-14-15-16-18-21-26(31(37)38)24-29(35)32-28-25-30(36)34(33-28)27-22-19-17-20-23-27/h17-23,26H,2-16,24-25H2,1H3,(H,37,38)(H,32,33,35)/b21-18-/t26-/m1/s1. The Morgan fingerprint density at radius 2 is 1.47 bits per heavy atom. The largest absolute Gasteiger partial charge is 0.481 e. The molecule has 2 rings (SSSR count). The molecule has 0 spiro atoms. The molecule has 0 bridgehead atoms. The number of nitrogens with one attached hydrogen (secondary N) is 1. The van der Waals surface area contributed by atoms with E-state index < -0.39 is 17.8 Å². The fourth-order valence-corrected chi connectivity index (χ4v) is 4.64. The molecule has 1 aromatic rings. The zero-order valence-corrected chi connectivity index (χ0v) is 23.2. The molecule has 0 unspecified atom stereocenters. The van der Waals surface area contributed by atoms with E-state index >= 15 is 0 Å². The molecule has 38 heavy (non-hydrogen) atoms. The number of allylic oxidation sites excluding steroid dienone is 1.